The summed E-state index contributed by atoms with van der Waals surface area (Å²) in [4.78, 5) is 28.0. The van der Waals surface area contributed by atoms with Gasteiger partial charge in [-0.3, -0.25) is 9.59 Å². The smallest absolute Gasteiger partial charge is 0.258 e. The molecule has 2 aromatic heterocycles. The van der Waals surface area contributed by atoms with Gasteiger partial charge in [-0.15, -0.1) is 11.3 Å². The third-order valence-corrected chi connectivity index (χ3v) is 5.91. The van der Waals surface area contributed by atoms with E-state index >= 15 is 0 Å². The molecule has 6 heteroatoms. The van der Waals surface area contributed by atoms with E-state index in [1.54, 1.807) is 6.07 Å². The van der Waals surface area contributed by atoms with E-state index in [1.807, 2.05) is 64.3 Å². The van der Waals surface area contributed by atoms with Crippen molar-refractivity contribution in [3.63, 3.8) is 0 Å². The summed E-state index contributed by atoms with van der Waals surface area (Å²) in [5.74, 6) is -0.396. The maximum absolute atomic E-state index is 13.1. The minimum atomic E-state index is -0.420. The van der Waals surface area contributed by atoms with Gasteiger partial charge in [-0.25, -0.2) is 0 Å². The number of nitrogens with zero attached hydrogens (tertiary/aromatic N) is 2. The highest BCUT2D eigenvalue weighted by molar-refractivity contribution is 7.14. The molecule has 1 aliphatic rings. The zero-order chi connectivity index (χ0) is 18.1. The largest absolute Gasteiger partial charge is 0.365 e. The molecule has 0 spiro atoms. The van der Waals surface area contributed by atoms with E-state index in [-0.39, 0.29) is 11.9 Å². The highest BCUT2D eigenvalue weighted by Crippen LogP contribution is 2.36. The third kappa shape index (κ3) is 3.04. The molecule has 26 heavy (non-hydrogen) atoms. The van der Waals surface area contributed by atoms with Gasteiger partial charge in [-0.1, -0.05) is 6.07 Å². The summed E-state index contributed by atoms with van der Waals surface area (Å²) in [7, 11) is 0. The van der Waals surface area contributed by atoms with Crippen molar-refractivity contribution in [1.82, 2.24) is 9.47 Å². The Bertz CT molecular complexity index is 946. The molecule has 2 amide bonds. The fraction of sp³-hybridized carbons (Fsp3) is 0.200. The molecule has 3 heterocycles. The van der Waals surface area contributed by atoms with Crippen LogP contribution in [0.5, 0.6) is 0 Å². The maximum Gasteiger partial charge on any atom is 0.258 e. The van der Waals surface area contributed by atoms with Gasteiger partial charge in [0.15, 0.2) is 0 Å². The molecule has 1 aliphatic heterocycles. The lowest BCUT2D eigenvalue weighted by Crippen LogP contribution is -2.30. The van der Waals surface area contributed by atoms with Crippen molar-refractivity contribution in [3.8, 4) is 5.69 Å². The van der Waals surface area contributed by atoms with Crippen molar-refractivity contribution < 1.29 is 9.59 Å². The average Bonchev–Trinajstić information content (AvgIpc) is 3.41. The Kier molecular flexibility index (Phi) is 4.34. The second-order valence-corrected chi connectivity index (χ2v) is 7.48. The van der Waals surface area contributed by atoms with Crippen LogP contribution in [0.3, 0.4) is 0 Å². The fourth-order valence-electron chi connectivity index (χ4n) is 3.44. The van der Waals surface area contributed by atoms with E-state index in [9.17, 15) is 9.59 Å². The van der Waals surface area contributed by atoms with Crippen LogP contribution in [0.25, 0.3) is 5.69 Å². The monoisotopic (exact) mass is 365 g/mol. The van der Waals surface area contributed by atoms with Gasteiger partial charge >= 0.3 is 0 Å². The standard InChI is InChI=1S/C20H19N3O2S/c21-19(24)18-9-8-17(26-18)16-7-4-12-23(16)20(25)14-5-3-6-15(13-14)22-10-1-2-11-22/h1-3,5-6,8-11,13,16H,4,7,12H2,(H2,21,24)/t16-/m1/s1. The maximum atomic E-state index is 13.1. The summed E-state index contributed by atoms with van der Waals surface area (Å²) >= 11 is 1.38. The quantitative estimate of drug-likeness (QED) is 0.767. The van der Waals surface area contributed by atoms with Crippen molar-refractivity contribution in [1.29, 1.82) is 0 Å². The zero-order valence-electron chi connectivity index (χ0n) is 14.2. The van der Waals surface area contributed by atoms with Crippen LogP contribution in [-0.4, -0.2) is 27.8 Å². The van der Waals surface area contributed by atoms with Crippen LogP contribution in [0.1, 0.15) is 43.8 Å². The topological polar surface area (TPSA) is 68.3 Å². The van der Waals surface area contributed by atoms with Gasteiger partial charge in [0.1, 0.15) is 0 Å². The van der Waals surface area contributed by atoms with Gasteiger partial charge in [0.05, 0.1) is 10.9 Å². The van der Waals surface area contributed by atoms with Crippen LogP contribution in [-0.2, 0) is 0 Å². The van der Waals surface area contributed by atoms with Crippen LogP contribution in [0.2, 0.25) is 0 Å². The average molecular weight is 365 g/mol. The summed E-state index contributed by atoms with van der Waals surface area (Å²) in [5.41, 5.74) is 7.00. The van der Waals surface area contributed by atoms with E-state index in [0.717, 1.165) is 30.0 Å². The number of thiophene rings is 1. The predicted octanol–water partition coefficient (Wildman–Crippen LogP) is 3.62. The van der Waals surface area contributed by atoms with Gasteiger partial charge < -0.3 is 15.2 Å². The number of nitrogens with two attached hydrogens (primary N) is 1. The van der Waals surface area contributed by atoms with Gasteiger partial charge in [-0.2, -0.15) is 0 Å². The number of amides is 2. The molecule has 1 fully saturated rings. The van der Waals surface area contributed by atoms with E-state index in [2.05, 4.69) is 0 Å². The van der Waals surface area contributed by atoms with Crippen molar-refractivity contribution in [2.45, 2.75) is 18.9 Å². The Labute approximate surface area is 155 Å². The summed E-state index contributed by atoms with van der Waals surface area (Å²) in [6.07, 6.45) is 5.78. The van der Waals surface area contributed by atoms with E-state index < -0.39 is 5.91 Å². The van der Waals surface area contributed by atoms with E-state index in [4.69, 9.17) is 5.73 Å². The van der Waals surface area contributed by atoms with Gasteiger partial charge in [-0.05, 0) is 55.3 Å². The van der Waals surface area contributed by atoms with Crippen molar-refractivity contribution in [2.75, 3.05) is 6.54 Å². The van der Waals surface area contributed by atoms with Crippen molar-refractivity contribution in [2.24, 2.45) is 5.73 Å². The Hall–Kier alpha value is -2.86. The second-order valence-electron chi connectivity index (χ2n) is 6.36. The summed E-state index contributed by atoms with van der Waals surface area (Å²) in [6, 6.07) is 15.2. The highest BCUT2D eigenvalue weighted by atomic mass is 32.1. The van der Waals surface area contributed by atoms with Crippen LogP contribution in [0.15, 0.2) is 60.9 Å². The number of carbonyl (C=O) groups is 2. The van der Waals surface area contributed by atoms with Gasteiger partial charge in [0.2, 0.25) is 0 Å². The molecule has 0 radical (unpaired) electrons. The lowest BCUT2D eigenvalue weighted by atomic mass is 10.1. The molecule has 4 rings (SSSR count). The van der Waals surface area contributed by atoms with Crippen LogP contribution >= 0.6 is 11.3 Å². The number of hydrogen-bond donors (Lipinski definition) is 1. The summed E-state index contributed by atoms with van der Waals surface area (Å²) in [6.45, 7) is 0.723. The molecule has 0 unspecified atom stereocenters. The number of rotatable bonds is 4. The SMILES string of the molecule is NC(=O)c1ccc([C@H]2CCCN2C(=O)c2cccc(-n3cccc3)c2)s1. The molecular weight excluding hydrogens is 346 g/mol. The zero-order valence-corrected chi connectivity index (χ0v) is 15.0. The lowest BCUT2D eigenvalue weighted by molar-refractivity contribution is 0.0737. The molecule has 132 valence electrons. The molecule has 5 nitrogen and oxygen atoms in total. The molecule has 1 saturated heterocycles. The third-order valence-electron chi connectivity index (χ3n) is 4.71. The Morgan fingerprint density at radius 1 is 1.08 bits per heavy atom. The minimum Gasteiger partial charge on any atom is -0.365 e. The van der Waals surface area contributed by atoms with E-state index in [0.29, 0.717) is 10.4 Å². The molecule has 1 atom stereocenters. The lowest BCUT2D eigenvalue weighted by Gasteiger charge is -2.24. The fourth-order valence-corrected chi connectivity index (χ4v) is 4.45. The number of carbonyl (C=O) groups excluding carboxylic acids is 2. The minimum absolute atomic E-state index is 0.0100. The molecule has 2 N–H and O–H groups in total. The van der Waals surface area contributed by atoms with Crippen molar-refractivity contribution in [3.05, 3.63) is 76.2 Å². The Balaban J connectivity index is 1.60. The molecule has 3 aromatic rings. The Morgan fingerprint density at radius 2 is 1.88 bits per heavy atom. The Morgan fingerprint density at radius 3 is 2.62 bits per heavy atom. The number of aromatic nitrogens is 1. The first-order valence-electron chi connectivity index (χ1n) is 8.57. The normalized spacial score (nSPS) is 16.8. The van der Waals surface area contributed by atoms with Gasteiger partial charge in [0, 0.05) is 35.1 Å². The van der Waals surface area contributed by atoms with Crippen LogP contribution < -0.4 is 5.73 Å². The first-order chi connectivity index (χ1) is 12.6. The molecule has 0 aliphatic carbocycles. The second kappa shape index (κ2) is 6.80. The van der Waals surface area contributed by atoms with Crippen molar-refractivity contribution >= 4 is 23.2 Å². The molecular formula is C20H19N3O2S. The molecule has 1 aromatic carbocycles. The number of primary amides is 1. The summed E-state index contributed by atoms with van der Waals surface area (Å²) < 4.78 is 1.98. The highest BCUT2D eigenvalue weighted by Gasteiger charge is 2.32. The predicted molar refractivity (Wildman–Crippen MR) is 102 cm³/mol. The number of likely N-dealkylation sites (tertiary alicyclic amines) is 1. The molecule has 0 bridgehead atoms. The van der Waals surface area contributed by atoms with Crippen LogP contribution in [0.4, 0.5) is 0 Å². The first kappa shape index (κ1) is 16.6. The number of benzene rings is 1. The van der Waals surface area contributed by atoms with Crippen LogP contribution in [0, 0.1) is 0 Å². The summed E-state index contributed by atoms with van der Waals surface area (Å²) in [5, 5.41) is 0. The van der Waals surface area contributed by atoms with Gasteiger partial charge in [0.25, 0.3) is 11.8 Å². The van der Waals surface area contributed by atoms with E-state index in [1.165, 1.54) is 11.3 Å². The number of hydrogen-bond acceptors (Lipinski definition) is 3. The molecule has 0 saturated carbocycles. The first-order valence-corrected chi connectivity index (χ1v) is 9.39.